The standard InChI is InChI=1S/C21H22N4O5/c1-12(13-10-16(28-3)19(30-5)17(11-13)29-4)22-23-20(26)18-14-8-6-7-9-15(14)21(27)25(2)24-18/h6-11H,1-5H3,(H,23,26)/b22-12+. The Hall–Kier alpha value is -3.88. The van der Waals surface area contributed by atoms with E-state index in [2.05, 4.69) is 15.6 Å². The van der Waals surface area contributed by atoms with Gasteiger partial charge in [0.2, 0.25) is 5.75 Å². The van der Waals surface area contributed by atoms with Gasteiger partial charge in [-0.05, 0) is 25.1 Å². The van der Waals surface area contributed by atoms with Gasteiger partial charge in [0, 0.05) is 18.0 Å². The normalized spacial score (nSPS) is 11.3. The summed E-state index contributed by atoms with van der Waals surface area (Å²) in [6.07, 6.45) is 0. The van der Waals surface area contributed by atoms with Crippen LogP contribution in [0.2, 0.25) is 0 Å². The highest BCUT2D eigenvalue weighted by Gasteiger charge is 2.17. The molecule has 3 rings (SSSR count). The van der Waals surface area contributed by atoms with Gasteiger partial charge < -0.3 is 14.2 Å². The maximum Gasteiger partial charge on any atom is 0.292 e. The smallest absolute Gasteiger partial charge is 0.292 e. The molecule has 156 valence electrons. The molecule has 0 aliphatic rings. The molecule has 0 bridgehead atoms. The lowest BCUT2D eigenvalue weighted by atomic mass is 10.1. The summed E-state index contributed by atoms with van der Waals surface area (Å²) in [6, 6.07) is 10.3. The summed E-state index contributed by atoms with van der Waals surface area (Å²) in [5, 5.41) is 9.13. The van der Waals surface area contributed by atoms with Gasteiger partial charge in [-0.25, -0.2) is 10.1 Å². The quantitative estimate of drug-likeness (QED) is 0.493. The van der Waals surface area contributed by atoms with Crippen molar-refractivity contribution in [3.63, 3.8) is 0 Å². The summed E-state index contributed by atoms with van der Waals surface area (Å²) in [6.45, 7) is 1.73. The molecular formula is C21H22N4O5. The van der Waals surface area contributed by atoms with E-state index in [0.29, 0.717) is 39.3 Å². The van der Waals surface area contributed by atoms with Crippen LogP contribution in [0.15, 0.2) is 46.3 Å². The number of hydrogen-bond donors (Lipinski definition) is 1. The molecule has 1 heterocycles. The zero-order valence-corrected chi connectivity index (χ0v) is 17.3. The van der Waals surface area contributed by atoms with Gasteiger partial charge in [-0.1, -0.05) is 18.2 Å². The van der Waals surface area contributed by atoms with E-state index in [1.807, 2.05) is 0 Å². The highest BCUT2D eigenvalue weighted by molar-refractivity contribution is 6.06. The molecule has 0 unspecified atom stereocenters. The molecule has 30 heavy (non-hydrogen) atoms. The minimum Gasteiger partial charge on any atom is -0.493 e. The highest BCUT2D eigenvalue weighted by Crippen LogP contribution is 2.38. The molecule has 0 atom stereocenters. The number of nitrogens with one attached hydrogen (secondary N) is 1. The SMILES string of the molecule is COc1cc(/C(C)=N/NC(=O)c2nn(C)c(=O)c3ccccc23)cc(OC)c1OC. The Morgan fingerprint density at radius 1 is 1.03 bits per heavy atom. The van der Waals surface area contributed by atoms with Gasteiger partial charge in [0.25, 0.3) is 11.5 Å². The molecule has 1 aromatic heterocycles. The molecule has 3 aromatic rings. The van der Waals surface area contributed by atoms with Gasteiger partial charge in [-0.15, -0.1) is 0 Å². The molecule has 0 fully saturated rings. The van der Waals surface area contributed by atoms with E-state index in [-0.39, 0.29) is 11.3 Å². The summed E-state index contributed by atoms with van der Waals surface area (Å²) >= 11 is 0. The number of fused-ring (bicyclic) bond motifs is 1. The molecule has 1 N–H and O–H groups in total. The second-order valence-electron chi connectivity index (χ2n) is 6.38. The number of carbonyl (C=O) groups is 1. The van der Waals surface area contributed by atoms with Gasteiger partial charge in [0.05, 0.1) is 32.4 Å². The Morgan fingerprint density at radius 2 is 1.63 bits per heavy atom. The van der Waals surface area contributed by atoms with Crippen molar-refractivity contribution in [1.82, 2.24) is 15.2 Å². The Morgan fingerprint density at radius 3 is 2.20 bits per heavy atom. The predicted octanol–water partition coefficient (Wildman–Crippen LogP) is 2.11. The number of aryl methyl sites for hydroxylation is 1. The van der Waals surface area contributed by atoms with E-state index in [1.54, 1.807) is 43.3 Å². The molecule has 0 radical (unpaired) electrons. The minimum atomic E-state index is -0.534. The monoisotopic (exact) mass is 410 g/mol. The summed E-state index contributed by atoms with van der Waals surface area (Å²) in [5.74, 6) is 0.868. The van der Waals surface area contributed by atoms with E-state index in [4.69, 9.17) is 14.2 Å². The average molecular weight is 410 g/mol. The fourth-order valence-electron chi connectivity index (χ4n) is 3.01. The van der Waals surface area contributed by atoms with Gasteiger partial charge in [0.1, 0.15) is 0 Å². The number of amides is 1. The summed E-state index contributed by atoms with van der Waals surface area (Å²) < 4.78 is 17.1. The third kappa shape index (κ3) is 3.82. The van der Waals surface area contributed by atoms with Crippen LogP contribution in [0.25, 0.3) is 10.8 Å². The van der Waals surface area contributed by atoms with E-state index in [0.717, 1.165) is 4.68 Å². The lowest BCUT2D eigenvalue weighted by Crippen LogP contribution is -2.27. The minimum absolute atomic E-state index is 0.106. The van der Waals surface area contributed by atoms with Crippen LogP contribution in [0.3, 0.4) is 0 Å². The largest absolute Gasteiger partial charge is 0.493 e. The Kier molecular flexibility index (Phi) is 6.01. The number of benzene rings is 2. The molecular weight excluding hydrogens is 388 g/mol. The molecule has 0 saturated heterocycles. The van der Waals surface area contributed by atoms with Crippen LogP contribution in [-0.2, 0) is 7.05 Å². The Bertz CT molecular complexity index is 1170. The average Bonchev–Trinajstić information content (AvgIpc) is 2.78. The number of aromatic nitrogens is 2. The van der Waals surface area contributed by atoms with Crippen molar-refractivity contribution < 1.29 is 19.0 Å². The van der Waals surface area contributed by atoms with Crippen molar-refractivity contribution in [2.24, 2.45) is 12.1 Å². The maximum atomic E-state index is 12.7. The first-order valence-electron chi connectivity index (χ1n) is 9.02. The third-order valence-corrected chi connectivity index (χ3v) is 4.58. The van der Waals surface area contributed by atoms with Crippen LogP contribution in [0.1, 0.15) is 23.0 Å². The summed E-state index contributed by atoms with van der Waals surface area (Å²) in [5.41, 5.74) is 3.51. The summed E-state index contributed by atoms with van der Waals surface area (Å²) in [7, 11) is 6.05. The van der Waals surface area contributed by atoms with Crippen LogP contribution in [-0.4, -0.2) is 42.7 Å². The van der Waals surface area contributed by atoms with E-state index in [1.165, 1.54) is 28.4 Å². The molecule has 0 spiro atoms. The van der Waals surface area contributed by atoms with E-state index in [9.17, 15) is 9.59 Å². The van der Waals surface area contributed by atoms with Gasteiger partial charge >= 0.3 is 0 Å². The molecule has 0 aliphatic carbocycles. The predicted molar refractivity (Wildman–Crippen MR) is 113 cm³/mol. The topological polar surface area (TPSA) is 104 Å². The Labute approximate surface area is 172 Å². The molecule has 9 nitrogen and oxygen atoms in total. The zero-order valence-electron chi connectivity index (χ0n) is 17.3. The van der Waals surface area contributed by atoms with Crippen LogP contribution in [0, 0.1) is 0 Å². The van der Waals surface area contributed by atoms with Crippen LogP contribution in [0.4, 0.5) is 0 Å². The lowest BCUT2D eigenvalue weighted by molar-refractivity contribution is 0.0949. The second-order valence-corrected chi connectivity index (χ2v) is 6.38. The van der Waals surface area contributed by atoms with Crippen molar-refractivity contribution in [3.05, 3.63) is 58.0 Å². The first kappa shape index (κ1) is 20.8. The number of rotatable bonds is 6. The van der Waals surface area contributed by atoms with Gasteiger partial charge in [-0.3, -0.25) is 9.59 Å². The summed E-state index contributed by atoms with van der Waals surface area (Å²) in [4.78, 5) is 25.0. The van der Waals surface area contributed by atoms with Gasteiger partial charge in [0.15, 0.2) is 17.2 Å². The number of methoxy groups -OCH3 is 3. The molecule has 0 aliphatic heterocycles. The first-order chi connectivity index (χ1) is 14.4. The van der Waals surface area contributed by atoms with E-state index < -0.39 is 5.91 Å². The fourth-order valence-corrected chi connectivity index (χ4v) is 3.01. The third-order valence-electron chi connectivity index (χ3n) is 4.58. The van der Waals surface area contributed by atoms with Crippen molar-refractivity contribution in [2.45, 2.75) is 6.92 Å². The maximum absolute atomic E-state index is 12.7. The zero-order chi connectivity index (χ0) is 21.8. The lowest BCUT2D eigenvalue weighted by Gasteiger charge is -2.14. The number of hydrogen-bond acceptors (Lipinski definition) is 7. The molecule has 9 heteroatoms. The number of hydrazone groups is 1. The van der Waals surface area contributed by atoms with Crippen molar-refractivity contribution in [1.29, 1.82) is 0 Å². The molecule has 1 amide bonds. The van der Waals surface area contributed by atoms with Crippen molar-refractivity contribution in [3.8, 4) is 17.2 Å². The van der Waals surface area contributed by atoms with Crippen molar-refractivity contribution >= 4 is 22.4 Å². The van der Waals surface area contributed by atoms with Crippen LogP contribution < -0.4 is 25.2 Å². The molecule has 0 saturated carbocycles. The number of carbonyl (C=O) groups excluding carboxylic acids is 1. The second kappa shape index (κ2) is 8.64. The number of ether oxygens (including phenoxy) is 3. The Balaban J connectivity index is 1.95. The fraction of sp³-hybridized carbons (Fsp3) is 0.238. The van der Waals surface area contributed by atoms with Gasteiger partial charge in [-0.2, -0.15) is 10.2 Å². The number of nitrogens with zero attached hydrogens (tertiary/aromatic N) is 3. The highest BCUT2D eigenvalue weighted by atomic mass is 16.5. The first-order valence-corrected chi connectivity index (χ1v) is 9.02. The van der Waals surface area contributed by atoms with Crippen molar-refractivity contribution in [2.75, 3.05) is 21.3 Å². The molecule has 2 aromatic carbocycles. The van der Waals surface area contributed by atoms with Crippen LogP contribution >= 0.6 is 0 Å². The van der Waals surface area contributed by atoms with E-state index >= 15 is 0 Å². The van der Waals surface area contributed by atoms with Crippen LogP contribution in [0.5, 0.6) is 17.2 Å².